The zero-order chi connectivity index (χ0) is 22.2. The van der Waals surface area contributed by atoms with Gasteiger partial charge in [-0.05, 0) is 53.1 Å². The van der Waals surface area contributed by atoms with E-state index in [0.29, 0.717) is 11.5 Å². The number of ether oxygens (including phenoxy) is 3. The summed E-state index contributed by atoms with van der Waals surface area (Å²) in [5.41, 5.74) is 1.76. The smallest absolute Gasteiger partial charge is 0.330 e. The molecule has 3 aromatic rings. The third-order valence-corrected chi connectivity index (χ3v) is 4.81. The fraction of sp³-hybridized carbons (Fsp3) is 0.200. The van der Waals surface area contributed by atoms with E-state index in [1.807, 2.05) is 37.3 Å². The Balaban J connectivity index is 1.60. The number of amides is 1. The number of carbonyl (C=O) groups is 2. The molecule has 1 N–H and O–H groups in total. The summed E-state index contributed by atoms with van der Waals surface area (Å²) in [6.45, 7) is 1.79. The van der Waals surface area contributed by atoms with E-state index in [1.54, 1.807) is 24.3 Å². The van der Waals surface area contributed by atoms with Gasteiger partial charge in [-0.2, -0.15) is 0 Å². The van der Waals surface area contributed by atoms with E-state index in [2.05, 4.69) is 22.2 Å². The van der Waals surface area contributed by atoms with Crippen LogP contribution in [0.5, 0.6) is 11.5 Å². The first kappa shape index (κ1) is 21.9. The number of methoxy groups -OCH3 is 2. The Morgan fingerprint density at radius 1 is 0.968 bits per heavy atom. The van der Waals surface area contributed by atoms with Gasteiger partial charge in [-0.25, -0.2) is 4.79 Å². The largest absolute Gasteiger partial charge is 0.493 e. The number of fused-ring (bicyclic) bond motifs is 1. The van der Waals surface area contributed by atoms with Crippen LogP contribution in [0.3, 0.4) is 0 Å². The van der Waals surface area contributed by atoms with E-state index in [9.17, 15) is 9.59 Å². The van der Waals surface area contributed by atoms with Gasteiger partial charge in [0.15, 0.2) is 18.1 Å². The second-order valence-corrected chi connectivity index (χ2v) is 6.95. The maximum Gasteiger partial charge on any atom is 0.330 e. The van der Waals surface area contributed by atoms with Crippen molar-refractivity contribution in [2.24, 2.45) is 0 Å². The summed E-state index contributed by atoms with van der Waals surface area (Å²) < 4.78 is 15.6. The van der Waals surface area contributed by atoms with Crippen molar-refractivity contribution in [2.75, 3.05) is 20.8 Å². The van der Waals surface area contributed by atoms with Crippen LogP contribution < -0.4 is 14.8 Å². The molecular weight excluding hydrogens is 394 g/mol. The van der Waals surface area contributed by atoms with Gasteiger partial charge in [0.05, 0.1) is 20.3 Å². The lowest BCUT2D eigenvalue weighted by atomic mass is 10.0. The summed E-state index contributed by atoms with van der Waals surface area (Å²) in [5, 5.41) is 5.24. The Bertz CT molecular complexity index is 1110. The first-order valence-corrected chi connectivity index (χ1v) is 9.85. The normalized spacial score (nSPS) is 11.8. The average Bonchev–Trinajstić information content (AvgIpc) is 2.80. The van der Waals surface area contributed by atoms with Crippen LogP contribution in [0.15, 0.2) is 66.7 Å². The van der Waals surface area contributed by atoms with Crippen LogP contribution in [0.2, 0.25) is 0 Å². The summed E-state index contributed by atoms with van der Waals surface area (Å²) in [5.74, 6) is 0.211. The molecule has 3 aromatic carbocycles. The highest BCUT2D eigenvalue weighted by Crippen LogP contribution is 2.28. The van der Waals surface area contributed by atoms with E-state index >= 15 is 0 Å². The van der Waals surface area contributed by atoms with Crippen molar-refractivity contribution < 1.29 is 23.8 Å². The zero-order valence-electron chi connectivity index (χ0n) is 17.8. The van der Waals surface area contributed by atoms with Crippen LogP contribution in [0.4, 0.5) is 0 Å². The molecule has 0 aliphatic carbocycles. The third-order valence-electron chi connectivity index (χ3n) is 4.81. The van der Waals surface area contributed by atoms with Crippen molar-refractivity contribution in [3.63, 3.8) is 0 Å². The third kappa shape index (κ3) is 5.85. The SMILES string of the molecule is COC(=O)/C=C/c1ccc(OCC(=O)NC(C)c2ccc3ccccc3c2)c(OC)c1. The molecule has 0 radical (unpaired) electrons. The lowest BCUT2D eigenvalue weighted by Crippen LogP contribution is -2.31. The first-order valence-electron chi connectivity index (χ1n) is 9.85. The molecule has 31 heavy (non-hydrogen) atoms. The second-order valence-electron chi connectivity index (χ2n) is 6.95. The van der Waals surface area contributed by atoms with Crippen LogP contribution in [-0.4, -0.2) is 32.7 Å². The van der Waals surface area contributed by atoms with Gasteiger partial charge in [0, 0.05) is 6.08 Å². The monoisotopic (exact) mass is 419 g/mol. The average molecular weight is 419 g/mol. The maximum absolute atomic E-state index is 12.4. The number of benzene rings is 3. The van der Waals surface area contributed by atoms with Crippen LogP contribution in [-0.2, 0) is 14.3 Å². The minimum atomic E-state index is -0.448. The fourth-order valence-electron chi connectivity index (χ4n) is 3.13. The van der Waals surface area contributed by atoms with Gasteiger partial charge in [0.25, 0.3) is 5.91 Å². The van der Waals surface area contributed by atoms with Crippen LogP contribution in [0.25, 0.3) is 16.8 Å². The Kier molecular flexibility index (Phi) is 7.27. The molecule has 1 amide bonds. The topological polar surface area (TPSA) is 73.9 Å². The van der Waals surface area contributed by atoms with Gasteiger partial charge in [-0.1, -0.05) is 42.5 Å². The van der Waals surface area contributed by atoms with Gasteiger partial charge in [0.2, 0.25) is 0 Å². The number of hydrogen-bond acceptors (Lipinski definition) is 5. The predicted octanol–water partition coefficient (Wildman–Crippen LogP) is 4.29. The Hall–Kier alpha value is -3.80. The highest BCUT2D eigenvalue weighted by Gasteiger charge is 2.12. The molecule has 0 bridgehead atoms. The standard InChI is InChI=1S/C25H25NO5/c1-17(20-11-10-19-6-4-5-7-21(19)15-20)26-24(27)16-31-22-12-8-18(14-23(22)29-2)9-13-25(28)30-3/h4-15,17H,16H2,1-3H3,(H,26,27)/b13-9+. The van der Waals surface area contributed by atoms with Crippen LogP contribution in [0, 0.1) is 0 Å². The number of nitrogens with one attached hydrogen (secondary N) is 1. The van der Waals surface area contributed by atoms with Gasteiger partial charge >= 0.3 is 5.97 Å². The van der Waals surface area contributed by atoms with Crippen molar-refractivity contribution in [3.05, 3.63) is 77.9 Å². The molecule has 0 aliphatic heterocycles. The number of rotatable bonds is 8. The maximum atomic E-state index is 12.4. The summed E-state index contributed by atoms with van der Waals surface area (Å²) in [4.78, 5) is 23.6. The highest BCUT2D eigenvalue weighted by molar-refractivity contribution is 5.87. The zero-order valence-corrected chi connectivity index (χ0v) is 17.8. The first-order chi connectivity index (χ1) is 15.0. The molecule has 6 nitrogen and oxygen atoms in total. The molecule has 160 valence electrons. The molecule has 0 aromatic heterocycles. The fourth-order valence-corrected chi connectivity index (χ4v) is 3.13. The van der Waals surface area contributed by atoms with Crippen LogP contribution >= 0.6 is 0 Å². The molecule has 1 atom stereocenters. The lowest BCUT2D eigenvalue weighted by molar-refractivity contribution is -0.134. The van der Waals surface area contributed by atoms with Crippen LogP contribution in [0.1, 0.15) is 24.1 Å². The molecule has 0 fully saturated rings. The van der Waals surface area contributed by atoms with Gasteiger partial charge < -0.3 is 19.5 Å². The summed E-state index contributed by atoms with van der Waals surface area (Å²) in [6, 6.07) is 19.2. The Labute approximate surface area is 181 Å². The quantitative estimate of drug-likeness (QED) is 0.436. The molecule has 0 spiro atoms. The van der Waals surface area contributed by atoms with E-state index in [0.717, 1.165) is 21.9 Å². The molecule has 0 aliphatic rings. The van der Waals surface area contributed by atoms with Gasteiger partial charge in [0.1, 0.15) is 0 Å². The second kappa shape index (κ2) is 10.3. The van der Waals surface area contributed by atoms with Crippen molar-refractivity contribution in [2.45, 2.75) is 13.0 Å². The number of hydrogen-bond donors (Lipinski definition) is 1. The van der Waals surface area contributed by atoms with E-state index in [-0.39, 0.29) is 18.6 Å². The Morgan fingerprint density at radius 3 is 2.48 bits per heavy atom. The van der Waals surface area contributed by atoms with Crippen molar-refractivity contribution >= 4 is 28.7 Å². The summed E-state index contributed by atoms with van der Waals surface area (Å²) >= 11 is 0. The predicted molar refractivity (Wildman–Crippen MR) is 120 cm³/mol. The molecule has 1 unspecified atom stereocenters. The number of esters is 1. The molecule has 6 heteroatoms. The molecule has 0 saturated heterocycles. The Morgan fingerprint density at radius 2 is 1.74 bits per heavy atom. The van der Waals surface area contributed by atoms with Crippen molar-refractivity contribution in [3.8, 4) is 11.5 Å². The van der Waals surface area contributed by atoms with Gasteiger partial charge in [-0.3, -0.25) is 4.79 Å². The molecule has 0 heterocycles. The lowest BCUT2D eigenvalue weighted by Gasteiger charge is -2.16. The molecular formula is C25H25NO5. The molecule has 0 saturated carbocycles. The van der Waals surface area contributed by atoms with E-state index < -0.39 is 5.97 Å². The van der Waals surface area contributed by atoms with E-state index in [1.165, 1.54) is 20.3 Å². The summed E-state index contributed by atoms with van der Waals surface area (Å²) in [7, 11) is 2.83. The molecule has 3 rings (SSSR count). The van der Waals surface area contributed by atoms with Crippen molar-refractivity contribution in [1.82, 2.24) is 5.32 Å². The van der Waals surface area contributed by atoms with Gasteiger partial charge in [-0.15, -0.1) is 0 Å². The highest BCUT2D eigenvalue weighted by atomic mass is 16.5. The number of carbonyl (C=O) groups excluding carboxylic acids is 2. The minimum Gasteiger partial charge on any atom is -0.493 e. The van der Waals surface area contributed by atoms with E-state index in [4.69, 9.17) is 9.47 Å². The van der Waals surface area contributed by atoms with Crippen molar-refractivity contribution in [1.29, 1.82) is 0 Å². The summed E-state index contributed by atoms with van der Waals surface area (Å²) in [6.07, 6.45) is 2.92. The minimum absolute atomic E-state index is 0.147.